The zero-order valence-corrected chi connectivity index (χ0v) is 18.0. The van der Waals surface area contributed by atoms with E-state index in [-0.39, 0.29) is 17.8 Å². The summed E-state index contributed by atoms with van der Waals surface area (Å²) in [5.41, 5.74) is 0.903. The molecular weight excluding hydrogens is 422 g/mol. The van der Waals surface area contributed by atoms with E-state index in [0.717, 1.165) is 4.90 Å². The van der Waals surface area contributed by atoms with Crippen LogP contribution < -0.4 is 15.0 Å². The number of amides is 4. The van der Waals surface area contributed by atoms with E-state index in [1.165, 1.54) is 18.9 Å². The van der Waals surface area contributed by atoms with Crippen molar-refractivity contribution in [1.82, 2.24) is 10.2 Å². The molecule has 1 aliphatic heterocycles. The number of imide groups is 1. The molecule has 0 spiro atoms. The number of allylic oxidation sites excluding steroid dienone is 1. The number of hydrogen-bond acceptors (Lipinski definition) is 4. The highest BCUT2D eigenvalue weighted by molar-refractivity contribution is 6.30. The molecule has 1 atom stereocenters. The summed E-state index contributed by atoms with van der Waals surface area (Å²) in [6, 6.07) is 10.7. The van der Waals surface area contributed by atoms with E-state index in [1.54, 1.807) is 55.5 Å². The van der Waals surface area contributed by atoms with E-state index in [9.17, 15) is 19.5 Å². The molecule has 0 aliphatic carbocycles. The first kappa shape index (κ1) is 22.2. The molecule has 0 aromatic heterocycles. The number of nitrogens with one attached hydrogen (secondary N) is 1. The van der Waals surface area contributed by atoms with Crippen LogP contribution in [0.1, 0.15) is 25.5 Å². The van der Waals surface area contributed by atoms with Gasteiger partial charge in [-0.2, -0.15) is 0 Å². The van der Waals surface area contributed by atoms with Crippen LogP contribution >= 0.6 is 11.6 Å². The molecule has 3 rings (SSSR count). The molecule has 1 unspecified atom stereocenters. The third kappa shape index (κ3) is 4.20. The number of benzene rings is 2. The number of rotatable bonds is 5. The van der Waals surface area contributed by atoms with Gasteiger partial charge in [0.15, 0.2) is 0 Å². The van der Waals surface area contributed by atoms with Crippen LogP contribution in [0.25, 0.3) is 0 Å². The number of halogens is 1. The number of carbonyl (C=O) groups excluding carboxylic acids is 2. The molecule has 0 saturated heterocycles. The van der Waals surface area contributed by atoms with Gasteiger partial charge in [0.05, 0.1) is 18.4 Å². The van der Waals surface area contributed by atoms with Crippen LogP contribution in [-0.2, 0) is 4.79 Å². The van der Waals surface area contributed by atoms with Gasteiger partial charge in [-0.1, -0.05) is 35.9 Å². The monoisotopic (exact) mass is 443 g/mol. The Labute approximate surface area is 184 Å². The maximum atomic E-state index is 13.6. The van der Waals surface area contributed by atoms with E-state index >= 15 is 0 Å². The highest BCUT2D eigenvalue weighted by Gasteiger charge is 2.43. The standard InChI is InChI=1S/C22H22ClN3O5/c1-4-25(16-10-5-6-11-17(16)31-3)22(30)26-19(14-8-7-9-15(23)12-14)18(20(27)28)13(2)24-21(26)29/h5-12,19H,4H2,1-3H3,(H,24,29)(H,27,28). The number of methoxy groups -OCH3 is 1. The number of carbonyl (C=O) groups is 3. The molecule has 2 aromatic rings. The molecule has 0 radical (unpaired) electrons. The van der Waals surface area contributed by atoms with Crippen molar-refractivity contribution in [3.63, 3.8) is 0 Å². The quantitative estimate of drug-likeness (QED) is 0.712. The number of hydrogen-bond donors (Lipinski definition) is 2. The molecule has 31 heavy (non-hydrogen) atoms. The summed E-state index contributed by atoms with van der Waals surface area (Å²) in [7, 11) is 1.48. The second-order valence-corrected chi connectivity index (χ2v) is 7.24. The minimum absolute atomic E-state index is 0.119. The predicted molar refractivity (Wildman–Crippen MR) is 116 cm³/mol. The van der Waals surface area contributed by atoms with E-state index in [0.29, 0.717) is 22.0 Å². The number of urea groups is 2. The fourth-order valence-electron chi connectivity index (χ4n) is 3.60. The predicted octanol–water partition coefficient (Wildman–Crippen LogP) is 4.42. The lowest BCUT2D eigenvalue weighted by molar-refractivity contribution is -0.133. The van der Waals surface area contributed by atoms with Crippen LogP contribution in [0.3, 0.4) is 0 Å². The summed E-state index contributed by atoms with van der Waals surface area (Å²) in [5, 5.41) is 12.7. The largest absolute Gasteiger partial charge is 0.495 e. The number of ether oxygens (including phenoxy) is 1. The van der Waals surface area contributed by atoms with E-state index in [4.69, 9.17) is 16.3 Å². The van der Waals surface area contributed by atoms with Gasteiger partial charge in [0, 0.05) is 17.3 Å². The van der Waals surface area contributed by atoms with Crippen LogP contribution in [-0.4, -0.2) is 41.7 Å². The fourth-order valence-corrected chi connectivity index (χ4v) is 3.80. The van der Waals surface area contributed by atoms with E-state index in [2.05, 4.69) is 5.32 Å². The maximum absolute atomic E-state index is 13.6. The third-order valence-electron chi connectivity index (χ3n) is 4.97. The summed E-state index contributed by atoms with van der Waals surface area (Å²) in [6.45, 7) is 3.45. The van der Waals surface area contributed by atoms with Crippen molar-refractivity contribution in [3.8, 4) is 5.75 Å². The van der Waals surface area contributed by atoms with Gasteiger partial charge in [0.1, 0.15) is 11.8 Å². The van der Waals surface area contributed by atoms with Crippen LogP contribution in [0.5, 0.6) is 5.75 Å². The SMILES string of the molecule is CCN(C(=O)N1C(=O)NC(C)=C(C(=O)O)C1c1cccc(Cl)c1)c1ccccc1OC. The van der Waals surface area contributed by atoms with Crippen molar-refractivity contribution < 1.29 is 24.2 Å². The Bertz CT molecular complexity index is 1070. The van der Waals surface area contributed by atoms with Gasteiger partial charge in [0.2, 0.25) is 0 Å². The summed E-state index contributed by atoms with van der Waals surface area (Å²) in [5.74, 6) is -0.805. The minimum atomic E-state index is -1.25. The van der Waals surface area contributed by atoms with Gasteiger partial charge < -0.3 is 15.2 Å². The Hall–Kier alpha value is -3.52. The lowest BCUT2D eigenvalue weighted by Crippen LogP contribution is -2.55. The van der Waals surface area contributed by atoms with Gasteiger partial charge in [0.25, 0.3) is 0 Å². The molecule has 8 nitrogen and oxygen atoms in total. The highest BCUT2D eigenvalue weighted by atomic mass is 35.5. The molecular formula is C22H22ClN3O5. The first-order chi connectivity index (χ1) is 14.8. The molecule has 9 heteroatoms. The van der Waals surface area contributed by atoms with Crippen molar-refractivity contribution in [3.05, 3.63) is 70.4 Å². The molecule has 1 heterocycles. The van der Waals surface area contributed by atoms with Gasteiger partial charge >= 0.3 is 18.0 Å². The van der Waals surface area contributed by atoms with Crippen molar-refractivity contribution in [2.75, 3.05) is 18.6 Å². The fraction of sp³-hybridized carbons (Fsp3) is 0.227. The van der Waals surface area contributed by atoms with Gasteiger partial charge in [-0.25, -0.2) is 19.3 Å². The number of aliphatic carboxylic acids is 1. The molecule has 2 N–H and O–H groups in total. The zero-order valence-electron chi connectivity index (χ0n) is 17.3. The normalized spacial score (nSPS) is 16.1. The molecule has 0 saturated carbocycles. The highest BCUT2D eigenvalue weighted by Crippen LogP contribution is 2.37. The van der Waals surface area contributed by atoms with Crippen LogP contribution in [0, 0.1) is 0 Å². The van der Waals surface area contributed by atoms with Crippen molar-refractivity contribution in [2.45, 2.75) is 19.9 Å². The Morgan fingerprint density at radius 1 is 1.23 bits per heavy atom. The molecule has 2 aromatic carbocycles. The topological polar surface area (TPSA) is 99.2 Å². The second-order valence-electron chi connectivity index (χ2n) is 6.80. The number of nitrogens with zero attached hydrogens (tertiary/aromatic N) is 2. The maximum Gasteiger partial charge on any atom is 0.335 e. The average molecular weight is 444 g/mol. The van der Waals surface area contributed by atoms with Crippen molar-refractivity contribution in [2.24, 2.45) is 0 Å². The first-order valence-corrected chi connectivity index (χ1v) is 9.92. The minimum Gasteiger partial charge on any atom is -0.495 e. The summed E-state index contributed by atoms with van der Waals surface area (Å²) >= 11 is 6.12. The molecule has 1 aliphatic rings. The molecule has 162 valence electrons. The number of anilines is 1. The number of para-hydroxylation sites is 2. The lowest BCUT2D eigenvalue weighted by Gasteiger charge is -2.38. The number of carboxylic acid groups (broad SMARTS) is 1. The van der Waals surface area contributed by atoms with Gasteiger partial charge in [-0.05, 0) is 43.7 Å². The zero-order chi connectivity index (χ0) is 22.7. The number of carboxylic acids is 1. The van der Waals surface area contributed by atoms with Gasteiger partial charge in [-0.3, -0.25) is 4.90 Å². The van der Waals surface area contributed by atoms with Gasteiger partial charge in [-0.15, -0.1) is 0 Å². The van der Waals surface area contributed by atoms with E-state index < -0.39 is 24.1 Å². The van der Waals surface area contributed by atoms with Crippen molar-refractivity contribution >= 4 is 35.3 Å². The second kappa shape index (κ2) is 9.09. The molecule has 4 amide bonds. The Morgan fingerprint density at radius 2 is 1.94 bits per heavy atom. The lowest BCUT2D eigenvalue weighted by atomic mass is 9.94. The van der Waals surface area contributed by atoms with Crippen LogP contribution in [0.15, 0.2) is 59.8 Å². The summed E-state index contributed by atoms with van der Waals surface area (Å²) in [6.07, 6.45) is 0. The van der Waals surface area contributed by atoms with Crippen molar-refractivity contribution in [1.29, 1.82) is 0 Å². The van der Waals surface area contributed by atoms with Crippen LogP contribution in [0.4, 0.5) is 15.3 Å². The van der Waals surface area contributed by atoms with Crippen LogP contribution in [0.2, 0.25) is 5.02 Å². The first-order valence-electron chi connectivity index (χ1n) is 9.54. The molecule has 0 bridgehead atoms. The Balaban J connectivity index is 2.17. The molecule has 0 fully saturated rings. The average Bonchev–Trinajstić information content (AvgIpc) is 2.73. The Kier molecular flexibility index (Phi) is 6.50. The summed E-state index contributed by atoms with van der Waals surface area (Å²) in [4.78, 5) is 41.0. The third-order valence-corrected chi connectivity index (χ3v) is 5.21. The smallest absolute Gasteiger partial charge is 0.335 e. The summed E-state index contributed by atoms with van der Waals surface area (Å²) < 4.78 is 5.36. The van der Waals surface area contributed by atoms with E-state index in [1.807, 2.05) is 0 Å². The Morgan fingerprint density at radius 3 is 2.55 bits per heavy atom.